The SMILES string of the molecule is C[N+]1(CC2=C(C(=O)O)N3C(=O)[C@@H](NC(=O)COc4ccccc4)[C@H]3SC2)CCN(c2c(F)cc3c(=O)c(C(=O)O)cn(CCF)c3c2F)CC1.[I-]. The van der Waals surface area contributed by atoms with Crippen molar-refractivity contribution in [3.05, 3.63) is 81.3 Å². The molecular formula is C33H33F3IN5O8S. The first kappa shape index (κ1) is 37.9. The highest BCUT2D eigenvalue weighted by Gasteiger charge is 2.55. The van der Waals surface area contributed by atoms with Crippen molar-refractivity contribution in [3.8, 4) is 5.75 Å². The van der Waals surface area contributed by atoms with Crippen molar-refractivity contribution in [1.82, 2.24) is 14.8 Å². The van der Waals surface area contributed by atoms with E-state index in [2.05, 4.69) is 5.32 Å². The van der Waals surface area contributed by atoms with E-state index in [0.29, 0.717) is 24.4 Å². The normalized spacial score (nSPS) is 19.6. The number of para-hydroxylation sites is 1. The molecule has 0 spiro atoms. The summed E-state index contributed by atoms with van der Waals surface area (Å²) in [6, 6.07) is 8.53. The van der Waals surface area contributed by atoms with Gasteiger partial charge in [0, 0.05) is 17.5 Å². The molecule has 2 saturated heterocycles. The quantitative estimate of drug-likeness (QED) is 0.125. The largest absolute Gasteiger partial charge is 1.00 e. The summed E-state index contributed by atoms with van der Waals surface area (Å²) in [6.45, 7) is -0.623. The van der Waals surface area contributed by atoms with Gasteiger partial charge >= 0.3 is 11.9 Å². The summed E-state index contributed by atoms with van der Waals surface area (Å²) in [5.74, 6) is -5.40. The van der Waals surface area contributed by atoms with Crippen molar-refractivity contribution in [1.29, 1.82) is 0 Å². The molecule has 2 atom stereocenters. The fourth-order valence-electron chi connectivity index (χ4n) is 6.66. The average molecular weight is 844 g/mol. The number of quaternary nitrogens is 1. The number of pyridine rings is 1. The second-order valence-corrected chi connectivity index (χ2v) is 13.6. The van der Waals surface area contributed by atoms with Gasteiger partial charge in [-0.05, 0) is 18.2 Å². The molecule has 2 fully saturated rings. The summed E-state index contributed by atoms with van der Waals surface area (Å²) < 4.78 is 51.5. The lowest BCUT2D eigenvalue weighted by Crippen LogP contribution is -3.00. The van der Waals surface area contributed by atoms with Gasteiger partial charge in [-0.3, -0.25) is 19.3 Å². The van der Waals surface area contributed by atoms with Gasteiger partial charge in [0.1, 0.15) is 53.1 Å². The van der Waals surface area contributed by atoms with Gasteiger partial charge in [-0.25, -0.2) is 22.8 Å². The molecule has 0 bridgehead atoms. The molecule has 0 aliphatic carbocycles. The molecule has 1 aromatic heterocycles. The van der Waals surface area contributed by atoms with Gasteiger partial charge < -0.3 is 58.2 Å². The van der Waals surface area contributed by atoms with Gasteiger partial charge in [-0.1, -0.05) is 18.2 Å². The number of β-lactam (4-membered cyclic amide) rings is 1. The van der Waals surface area contributed by atoms with Crippen LogP contribution in [0, 0.1) is 11.6 Å². The minimum absolute atomic E-state index is 0. The third-order valence-electron chi connectivity index (χ3n) is 9.17. The van der Waals surface area contributed by atoms with Crippen LogP contribution < -0.4 is 44.4 Å². The van der Waals surface area contributed by atoms with Gasteiger partial charge in [-0.2, -0.15) is 0 Å². The van der Waals surface area contributed by atoms with Crippen molar-refractivity contribution in [2.75, 3.05) is 63.7 Å². The van der Waals surface area contributed by atoms with Crippen LogP contribution in [0.25, 0.3) is 10.9 Å². The highest BCUT2D eigenvalue weighted by molar-refractivity contribution is 8.00. The highest BCUT2D eigenvalue weighted by atomic mass is 127. The first-order chi connectivity index (χ1) is 23.8. The number of fused-ring (bicyclic) bond motifs is 2. The van der Waals surface area contributed by atoms with Gasteiger partial charge in [0.2, 0.25) is 5.43 Å². The maximum Gasteiger partial charge on any atom is 0.352 e. The number of amides is 2. The predicted octanol–water partition coefficient (Wildman–Crippen LogP) is -0.964. The molecule has 0 unspecified atom stereocenters. The van der Waals surface area contributed by atoms with E-state index in [1.54, 1.807) is 30.3 Å². The number of halogens is 4. The number of likely N-dealkylation sites (N-methyl/N-ethyl adjacent to an activating group) is 1. The van der Waals surface area contributed by atoms with E-state index in [4.69, 9.17) is 4.74 Å². The number of aryl methyl sites for hydroxylation is 1. The second kappa shape index (κ2) is 15.1. The van der Waals surface area contributed by atoms with Gasteiger partial charge in [0.05, 0.1) is 50.7 Å². The Labute approximate surface area is 310 Å². The lowest BCUT2D eigenvalue weighted by molar-refractivity contribution is -0.905. The number of aromatic nitrogens is 1. The van der Waals surface area contributed by atoms with E-state index in [1.165, 1.54) is 21.6 Å². The number of nitrogens with one attached hydrogen (secondary N) is 1. The molecule has 4 heterocycles. The predicted molar refractivity (Wildman–Crippen MR) is 176 cm³/mol. The molecule has 3 aromatic rings. The Morgan fingerprint density at radius 2 is 1.76 bits per heavy atom. The third-order valence-corrected chi connectivity index (χ3v) is 10.5. The number of anilines is 1. The summed E-state index contributed by atoms with van der Waals surface area (Å²) in [5.41, 5.74) is -2.30. The molecule has 3 N–H and O–H groups in total. The number of hydrogen-bond donors (Lipinski definition) is 3. The third kappa shape index (κ3) is 7.25. The van der Waals surface area contributed by atoms with Crippen LogP contribution in [-0.4, -0.2) is 118 Å². The zero-order chi connectivity index (χ0) is 35.9. The van der Waals surface area contributed by atoms with Gasteiger partial charge in [-0.15, -0.1) is 11.8 Å². The number of carboxylic acids is 2. The maximum atomic E-state index is 16.0. The molecule has 51 heavy (non-hydrogen) atoms. The number of rotatable bonds is 11. The van der Waals surface area contributed by atoms with E-state index in [9.17, 15) is 38.6 Å². The van der Waals surface area contributed by atoms with Crippen molar-refractivity contribution in [2.24, 2.45) is 0 Å². The highest BCUT2D eigenvalue weighted by Crippen LogP contribution is 2.41. The second-order valence-electron chi connectivity index (χ2n) is 12.5. The minimum Gasteiger partial charge on any atom is -1.00 e. The van der Waals surface area contributed by atoms with E-state index in [0.717, 1.165) is 16.8 Å². The number of benzene rings is 2. The van der Waals surface area contributed by atoms with Crippen LogP contribution in [-0.2, 0) is 20.9 Å². The standard InChI is InChI=1S/C33H32F3N5O8S.HI/c1-41(11-9-38(10-12-41)28-22(35)13-20-27(24(28)36)39(8-7-34)14-21(29(20)43)32(45)46)15-18-17-50-31-25(30(44)40(31)26(18)33(47)48)37-23(42)16-49-19-5-3-2-4-6-19;/h2-6,13-14,25,31H,7-12,15-17H2,1H3,(H2-,37,42,45,46,47,48);1H/t25-,31-;/m1./s1. The Bertz CT molecular complexity index is 1990. The summed E-state index contributed by atoms with van der Waals surface area (Å²) in [7, 11) is 1.87. The first-order valence-corrected chi connectivity index (χ1v) is 16.7. The van der Waals surface area contributed by atoms with Crippen LogP contribution >= 0.6 is 11.8 Å². The topological polar surface area (TPSA) is 158 Å². The molecule has 18 heteroatoms. The Kier molecular flexibility index (Phi) is 11.3. The van der Waals surface area contributed by atoms with E-state index in [-0.39, 0.29) is 66.2 Å². The minimum atomic E-state index is -1.61. The molecular weight excluding hydrogens is 810 g/mol. The molecule has 3 aliphatic heterocycles. The number of aromatic carboxylic acids is 1. The number of hydrogen-bond acceptors (Lipinski definition) is 8. The molecule has 0 radical (unpaired) electrons. The first-order valence-electron chi connectivity index (χ1n) is 15.6. The monoisotopic (exact) mass is 843 g/mol. The summed E-state index contributed by atoms with van der Waals surface area (Å²) in [6.07, 6.45) is 0.849. The Morgan fingerprint density at radius 3 is 2.39 bits per heavy atom. The van der Waals surface area contributed by atoms with Crippen LogP contribution in [0.1, 0.15) is 10.4 Å². The van der Waals surface area contributed by atoms with E-state index >= 15 is 8.78 Å². The molecule has 13 nitrogen and oxygen atoms in total. The summed E-state index contributed by atoms with van der Waals surface area (Å²) >= 11 is 1.33. The lowest BCUT2D eigenvalue weighted by atomic mass is 10.0. The number of carboxylic acid groups (broad SMARTS) is 2. The maximum absolute atomic E-state index is 16.0. The van der Waals surface area contributed by atoms with Crippen LogP contribution in [0.2, 0.25) is 0 Å². The summed E-state index contributed by atoms with van der Waals surface area (Å²) in [4.78, 5) is 65.0. The Hall–Kier alpha value is -4.30. The van der Waals surface area contributed by atoms with Crippen molar-refractivity contribution < 1.29 is 75.8 Å². The van der Waals surface area contributed by atoms with Crippen molar-refractivity contribution in [2.45, 2.75) is 18.0 Å². The lowest BCUT2D eigenvalue weighted by Gasteiger charge is -2.50. The molecule has 272 valence electrons. The number of aliphatic carboxylic acids is 1. The number of piperazine rings is 1. The van der Waals surface area contributed by atoms with Gasteiger partial charge in [0.15, 0.2) is 12.4 Å². The zero-order valence-corrected chi connectivity index (χ0v) is 30.1. The number of thioether (sulfide) groups is 1. The van der Waals surface area contributed by atoms with Crippen LogP contribution in [0.3, 0.4) is 0 Å². The fourth-order valence-corrected chi connectivity index (χ4v) is 8.00. The molecule has 0 saturated carbocycles. The summed E-state index contributed by atoms with van der Waals surface area (Å²) in [5, 5.41) is 21.1. The van der Waals surface area contributed by atoms with Gasteiger partial charge in [0.25, 0.3) is 11.8 Å². The average Bonchev–Trinajstić information content (AvgIpc) is 3.08. The molecule has 2 aromatic carbocycles. The molecule has 2 amide bonds. The van der Waals surface area contributed by atoms with E-state index in [1.807, 2.05) is 7.05 Å². The van der Waals surface area contributed by atoms with Crippen LogP contribution in [0.15, 0.2) is 58.7 Å². The van der Waals surface area contributed by atoms with E-state index < -0.39 is 87.6 Å². The van der Waals surface area contributed by atoms with Crippen LogP contribution in [0.4, 0.5) is 18.9 Å². The van der Waals surface area contributed by atoms with Crippen LogP contribution in [0.5, 0.6) is 5.75 Å². The molecule has 3 aliphatic rings. The molecule has 6 rings (SSSR count). The zero-order valence-electron chi connectivity index (χ0n) is 27.1. The van der Waals surface area contributed by atoms with Crippen molar-refractivity contribution in [3.63, 3.8) is 0 Å². The number of carbonyl (C=O) groups is 4. The fraction of sp³-hybridized carbons (Fsp3) is 0.364. The smallest absolute Gasteiger partial charge is 0.352 e. The number of carbonyl (C=O) groups excluding carboxylic acids is 2. The number of nitrogens with zero attached hydrogens (tertiary/aromatic N) is 4. The number of ether oxygens (including phenoxy) is 1. The Balaban J connectivity index is 0.00000504. The Morgan fingerprint density at radius 1 is 1.08 bits per heavy atom. The number of alkyl halides is 1. The van der Waals surface area contributed by atoms with Crippen molar-refractivity contribution >= 4 is 52.1 Å².